The summed E-state index contributed by atoms with van der Waals surface area (Å²) < 4.78 is 16.8. The molecule has 0 aromatic heterocycles. The van der Waals surface area contributed by atoms with Crippen molar-refractivity contribution >= 4 is 11.8 Å². The number of ether oxygens (including phenoxy) is 3. The number of hydrogen-bond acceptors (Lipinski definition) is 5. The molecule has 0 radical (unpaired) electrons. The number of rotatable bonds is 4. The second kappa shape index (κ2) is 8.37. The Morgan fingerprint density at radius 3 is 2.28 bits per heavy atom. The molecule has 0 fully saturated rings. The van der Waals surface area contributed by atoms with Crippen LogP contribution in [-0.2, 0) is 6.42 Å². The molecule has 2 amide bonds. The standard InChI is InChI=1S/C25H32N2O5/c1-15-16(10-9-11-19(15)30-7)22(28)26-27(24(2,3)4)23(29)17-12-13-20(31-8)21-18(17)14-25(5,6)32-21/h9-13H,14H2,1-8H3,(H,26,28). The van der Waals surface area contributed by atoms with Crippen molar-refractivity contribution < 1.29 is 23.8 Å². The maximum absolute atomic E-state index is 13.7. The van der Waals surface area contributed by atoms with Crippen LogP contribution in [0, 0.1) is 6.92 Å². The third kappa shape index (κ3) is 4.38. The molecule has 0 saturated heterocycles. The number of hydrogen-bond donors (Lipinski definition) is 1. The van der Waals surface area contributed by atoms with Crippen molar-refractivity contribution in [2.45, 2.75) is 59.1 Å². The first-order valence-electron chi connectivity index (χ1n) is 10.6. The van der Waals surface area contributed by atoms with Crippen molar-refractivity contribution in [2.75, 3.05) is 14.2 Å². The minimum Gasteiger partial charge on any atom is -0.496 e. The van der Waals surface area contributed by atoms with Gasteiger partial charge in [0, 0.05) is 28.7 Å². The van der Waals surface area contributed by atoms with Gasteiger partial charge in [-0.05, 0) is 65.8 Å². The number of carbonyl (C=O) groups excluding carboxylic acids is 2. The normalized spacial score (nSPS) is 14.2. The number of amides is 2. The van der Waals surface area contributed by atoms with Crippen LogP contribution in [0.3, 0.4) is 0 Å². The summed E-state index contributed by atoms with van der Waals surface area (Å²) in [5, 5.41) is 1.38. The highest BCUT2D eigenvalue weighted by molar-refractivity contribution is 6.01. The fourth-order valence-corrected chi connectivity index (χ4v) is 3.88. The van der Waals surface area contributed by atoms with Gasteiger partial charge in [0.25, 0.3) is 11.8 Å². The van der Waals surface area contributed by atoms with Crippen molar-refractivity contribution in [1.82, 2.24) is 10.4 Å². The van der Waals surface area contributed by atoms with Gasteiger partial charge in [-0.2, -0.15) is 0 Å². The molecular weight excluding hydrogens is 408 g/mol. The van der Waals surface area contributed by atoms with E-state index in [0.717, 1.165) is 5.56 Å². The van der Waals surface area contributed by atoms with Gasteiger partial charge in [-0.15, -0.1) is 0 Å². The highest BCUT2D eigenvalue weighted by Crippen LogP contribution is 2.44. The molecule has 2 aromatic carbocycles. The molecule has 32 heavy (non-hydrogen) atoms. The molecule has 0 spiro atoms. The lowest BCUT2D eigenvalue weighted by Crippen LogP contribution is -2.56. The summed E-state index contributed by atoms with van der Waals surface area (Å²) in [5.74, 6) is 1.07. The molecule has 172 valence electrons. The summed E-state index contributed by atoms with van der Waals surface area (Å²) in [4.78, 5) is 26.9. The van der Waals surface area contributed by atoms with E-state index in [4.69, 9.17) is 14.2 Å². The second-order valence-corrected chi connectivity index (χ2v) is 9.55. The van der Waals surface area contributed by atoms with Gasteiger partial charge in [0.1, 0.15) is 11.4 Å². The molecule has 1 aliphatic heterocycles. The molecule has 7 heteroatoms. The van der Waals surface area contributed by atoms with Crippen molar-refractivity contribution in [1.29, 1.82) is 0 Å². The first-order chi connectivity index (χ1) is 14.9. The fourth-order valence-electron chi connectivity index (χ4n) is 3.88. The van der Waals surface area contributed by atoms with E-state index in [2.05, 4.69) is 5.43 Å². The first-order valence-corrected chi connectivity index (χ1v) is 10.6. The Kier molecular flexibility index (Phi) is 6.13. The van der Waals surface area contributed by atoms with Crippen LogP contribution >= 0.6 is 0 Å². The molecule has 1 aliphatic rings. The number of carbonyl (C=O) groups is 2. The van der Waals surface area contributed by atoms with Gasteiger partial charge in [0.15, 0.2) is 11.5 Å². The molecule has 0 bridgehead atoms. The molecule has 3 rings (SSSR count). The second-order valence-electron chi connectivity index (χ2n) is 9.55. The average Bonchev–Trinajstić information content (AvgIpc) is 3.04. The van der Waals surface area contributed by atoms with Crippen LogP contribution in [0.1, 0.15) is 66.5 Å². The van der Waals surface area contributed by atoms with Crippen LogP contribution < -0.4 is 19.6 Å². The Morgan fingerprint density at radius 1 is 1.03 bits per heavy atom. The zero-order valence-corrected chi connectivity index (χ0v) is 20.1. The van der Waals surface area contributed by atoms with Gasteiger partial charge >= 0.3 is 0 Å². The van der Waals surface area contributed by atoms with Gasteiger partial charge in [-0.3, -0.25) is 15.0 Å². The minimum absolute atomic E-state index is 0.313. The van der Waals surface area contributed by atoms with Crippen molar-refractivity contribution in [3.63, 3.8) is 0 Å². The number of methoxy groups -OCH3 is 2. The van der Waals surface area contributed by atoms with E-state index < -0.39 is 11.1 Å². The lowest BCUT2D eigenvalue weighted by atomic mass is 9.95. The lowest BCUT2D eigenvalue weighted by molar-refractivity contribution is 0.0357. The topological polar surface area (TPSA) is 77.1 Å². The van der Waals surface area contributed by atoms with Gasteiger partial charge < -0.3 is 14.2 Å². The van der Waals surface area contributed by atoms with Gasteiger partial charge in [-0.1, -0.05) is 6.07 Å². The molecule has 1 N–H and O–H groups in total. The third-order valence-corrected chi connectivity index (χ3v) is 5.49. The minimum atomic E-state index is -0.679. The molecule has 0 aliphatic carbocycles. The summed E-state index contributed by atoms with van der Waals surface area (Å²) >= 11 is 0. The van der Waals surface area contributed by atoms with Crippen LogP contribution in [0.5, 0.6) is 17.2 Å². The van der Waals surface area contributed by atoms with Crippen LogP contribution in [0.2, 0.25) is 0 Å². The number of benzene rings is 2. The van der Waals surface area contributed by atoms with Gasteiger partial charge in [0.05, 0.1) is 19.8 Å². The Balaban J connectivity index is 2.00. The largest absolute Gasteiger partial charge is 0.496 e. The zero-order chi connectivity index (χ0) is 23.8. The maximum Gasteiger partial charge on any atom is 0.273 e. The molecule has 0 atom stereocenters. The predicted molar refractivity (Wildman–Crippen MR) is 123 cm³/mol. The summed E-state index contributed by atoms with van der Waals surface area (Å²) in [6.07, 6.45) is 0.557. The Bertz CT molecular complexity index is 1050. The van der Waals surface area contributed by atoms with Crippen molar-refractivity contribution in [2.24, 2.45) is 0 Å². The summed E-state index contributed by atoms with van der Waals surface area (Å²) in [6, 6.07) is 8.70. The van der Waals surface area contributed by atoms with Crippen molar-refractivity contribution in [3.8, 4) is 17.2 Å². The number of hydrazine groups is 1. The average molecular weight is 441 g/mol. The molecule has 0 unspecified atom stereocenters. The van der Waals surface area contributed by atoms with Gasteiger partial charge in [0.2, 0.25) is 0 Å². The quantitative estimate of drug-likeness (QED) is 0.717. The van der Waals surface area contributed by atoms with E-state index in [0.29, 0.717) is 40.4 Å². The van der Waals surface area contributed by atoms with Crippen LogP contribution in [-0.4, -0.2) is 42.2 Å². The van der Waals surface area contributed by atoms with Crippen molar-refractivity contribution in [3.05, 3.63) is 52.6 Å². The Morgan fingerprint density at radius 2 is 1.69 bits per heavy atom. The Hall–Kier alpha value is -3.22. The summed E-state index contributed by atoms with van der Waals surface area (Å²) in [6.45, 7) is 11.4. The van der Waals surface area contributed by atoms with E-state index in [-0.39, 0.29) is 11.8 Å². The van der Waals surface area contributed by atoms with E-state index in [1.54, 1.807) is 44.6 Å². The van der Waals surface area contributed by atoms with Crippen LogP contribution in [0.4, 0.5) is 0 Å². The predicted octanol–water partition coefficient (Wildman–Crippen LogP) is 4.31. The maximum atomic E-state index is 13.7. The lowest BCUT2D eigenvalue weighted by Gasteiger charge is -2.36. The van der Waals surface area contributed by atoms with E-state index >= 15 is 0 Å². The highest BCUT2D eigenvalue weighted by Gasteiger charge is 2.38. The molecule has 1 heterocycles. The smallest absolute Gasteiger partial charge is 0.273 e. The molecule has 2 aromatic rings. The monoisotopic (exact) mass is 440 g/mol. The van der Waals surface area contributed by atoms with E-state index in [1.165, 1.54) is 5.01 Å². The first kappa shape index (κ1) is 23.4. The van der Waals surface area contributed by atoms with Gasteiger partial charge in [-0.25, -0.2) is 5.01 Å². The van der Waals surface area contributed by atoms with Crippen LogP contribution in [0.15, 0.2) is 30.3 Å². The van der Waals surface area contributed by atoms with Crippen LogP contribution in [0.25, 0.3) is 0 Å². The summed E-state index contributed by atoms with van der Waals surface area (Å²) in [7, 11) is 3.13. The number of nitrogens with one attached hydrogen (secondary N) is 1. The fraction of sp³-hybridized carbons (Fsp3) is 0.440. The number of nitrogens with zero attached hydrogens (tertiary/aromatic N) is 1. The number of fused-ring (bicyclic) bond motifs is 1. The Labute approximate surface area is 189 Å². The van der Waals surface area contributed by atoms with E-state index in [1.807, 2.05) is 41.5 Å². The zero-order valence-electron chi connectivity index (χ0n) is 20.1. The molecule has 7 nitrogen and oxygen atoms in total. The third-order valence-electron chi connectivity index (χ3n) is 5.49. The SMILES string of the molecule is COc1cccc(C(=O)NN(C(=O)c2ccc(OC)c3c2CC(C)(C)O3)C(C)(C)C)c1C. The molecular formula is C25H32N2O5. The highest BCUT2D eigenvalue weighted by atomic mass is 16.5. The summed E-state index contributed by atoms with van der Waals surface area (Å²) in [5.41, 5.74) is 4.08. The molecule has 0 saturated carbocycles. The van der Waals surface area contributed by atoms with E-state index in [9.17, 15) is 9.59 Å².